The van der Waals surface area contributed by atoms with Crippen molar-refractivity contribution in [3.63, 3.8) is 0 Å². The molecule has 2 fully saturated rings. The molecule has 2 aliphatic rings. The van der Waals surface area contributed by atoms with Crippen molar-refractivity contribution in [1.82, 2.24) is 14.9 Å². The Kier molecular flexibility index (Phi) is 4.98. The average molecular weight is 317 g/mol. The summed E-state index contributed by atoms with van der Waals surface area (Å²) in [7, 11) is 3.94. The molecule has 0 spiro atoms. The Labute approximate surface area is 138 Å². The summed E-state index contributed by atoms with van der Waals surface area (Å²) in [6, 6.07) is 2.35. The third kappa shape index (κ3) is 3.92. The monoisotopic (exact) mass is 317 g/mol. The molecule has 1 saturated heterocycles. The van der Waals surface area contributed by atoms with E-state index in [1.165, 1.54) is 12.8 Å². The van der Waals surface area contributed by atoms with E-state index in [-0.39, 0.29) is 0 Å². The smallest absolute Gasteiger partial charge is 0.225 e. The average Bonchev–Trinajstić information content (AvgIpc) is 3.09. The zero-order valence-electron chi connectivity index (χ0n) is 14.2. The second-order valence-electron chi connectivity index (χ2n) is 6.88. The number of carbonyl (C=O) groups excluding carboxylic acids is 1. The van der Waals surface area contributed by atoms with Crippen LogP contribution >= 0.6 is 0 Å². The molecule has 3 rings (SSSR count). The molecule has 1 aliphatic heterocycles. The van der Waals surface area contributed by atoms with Gasteiger partial charge in [-0.2, -0.15) is 0 Å². The Balaban J connectivity index is 1.51. The highest BCUT2D eigenvalue weighted by Gasteiger charge is 2.30. The number of hydrogen-bond acceptors (Lipinski definition) is 5. The molecule has 0 unspecified atom stereocenters. The van der Waals surface area contributed by atoms with Gasteiger partial charge in [0, 0.05) is 45.2 Å². The molecule has 0 aromatic carbocycles. The van der Waals surface area contributed by atoms with Gasteiger partial charge in [0.2, 0.25) is 5.91 Å². The number of nitrogens with zero attached hydrogens (tertiary/aromatic N) is 4. The van der Waals surface area contributed by atoms with E-state index in [0.717, 1.165) is 50.4 Å². The second-order valence-corrected chi connectivity index (χ2v) is 6.88. The van der Waals surface area contributed by atoms with Gasteiger partial charge in [-0.3, -0.25) is 4.79 Å². The van der Waals surface area contributed by atoms with Crippen molar-refractivity contribution in [3.8, 4) is 0 Å². The highest BCUT2D eigenvalue weighted by molar-refractivity contribution is 5.79. The van der Waals surface area contributed by atoms with E-state index in [4.69, 9.17) is 0 Å². The summed E-state index contributed by atoms with van der Waals surface area (Å²) < 4.78 is 0. The number of nitrogens with one attached hydrogen (secondary N) is 1. The molecule has 6 nitrogen and oxygen atoms in total. The summed E-state index contributed by atoms with van der Waals surface area (Å²) in [5.41, 5.74) is 0. The molecule has 1 N–H and O–H groups in total. The number of anilines is 2. The number of piperidine rings is 1. The van der Waals surface area contributed by atoms with Gasteiger partial charge in [-0.1, -0.05) is 12.8 Å². The normalized spacial score (nSPS) is 19.8. The number of likely N-dealkylation sites (tertiary alicyclic amines) is 1. The number of rotatable bonds is 4. The van der Waals surface area contributed by atoms with Crippen molar-refractivity contribution in [2.75, 3.05) is 37.4 Å². The van der Waals surface area contributed by atoms with Crippen LogP contribution in [0.4, 0.5) is 11.6 Å². The van der Waals surface area contributed by atoms with Crippen LogP contribution in [0.25, 0.3) is 0 Å². The van der Waals surface area contributed by atoms with E-state index < -0.39 is 0 Å². The van der Waals surface area contributed by atoms with Gasteiger partial charge in [0.25, 0.3) is 0 Å². The zero-order chi connectivity index (χ0) is 16.2. The minimum atomic E-state index is 0.295. The number of hydrogen-bond donors (Lipinski definition) is 1. The topological polar surface area (TPSA) is 61.4 Å². The lowest BCUT2D eigenvalue weighted by molar-refractivity contribution is -0.136. The maximum Gasteiger partial charge on any atom is 0.225 e. The highest BCUT2D eigenvalue weighted by Crippen LogP contribution is 2.28. The van der Waals surface area contributed by atoms with Gasteiger partial charge in [0.15, 0.2) is 0 Å². The van der Waals surface area contributed by atoms with Crippen molar-refractivity contribution < 1.29 is 4.79 Å². The third-order valence-electron chi connectivity index (χ3n) is 4.97. The summed E-state index contributed by atoms with van der Waals surface area (Å²) in [5, 5.41) is 3.49. The molecule has 1 aliphatic carbocycles. The minimum Gasteiger partial charge on any atom is -0.367 e. The fraction of sp³-hybridized carbons (Fsp3) is 0.706. The predicted octanol–water partition coefficient (Wildman–Crippen LogP) is 2.14. The highest BCUT2D eigenvalue weighted by atomic mass is 16.2. The lowest BCUT2D eigenvalue weighted by atomic mass is 10.0. The van der Waals surface area contributed by atoms with Crippen molar-refractivity contribution in [2.24, 2.45) is 5.92 Å². The molecule has 126 valence electrons. The Bertz CT molecular complexity index is 534. The molecule has 0 atom stereocenters. The summed E-state index contributed by atoms with van der Waals surface area (Å²) in [5.74, 6) is 2.45. The Hall–Kier alpha value is -1.85. The standard InChI is InChI=1S/C17H27N5O/c1-21(2)16-11-15(18-12-19-16)20-14-7-9-22(10-8-14)17(23)13-5-3-4-6-13/h11-14H,3-10H2,1-2H3,(H,18,19,20). The molecule has 1 aromatic rings. The SMILES string of the molecule is CN(C)c1cc(NC2CCN(C(=O)C3CCCC3)CC2)ncn1. The summed E-state index contributed by atoms with van der Waals surface area (Å²) in [6.07, 6.45) is 8.18. The van der Waals surface area contributed by atoms with Gasteiger partial charge in [-0.05, 0) is 25.7 Å². The Morgan fingerprint density at radius 3 is 2.52 bits per heavy atom. The van der Waals surface area contributed by atoms with Crippen LogP contribution in [0, 0.1) is 5.92 Å². The molecule has 1 aromatic heterocycles. The molecule has 1 amide bonds. The first kappa shape index (κ1) is 16.0. The van der Waals surface area contributed by atoms with E-state index in [9.17, 15) is 4.79 Å². The largest absolute Gasteiger partial charge is 0.367 e. The van der Waals surface area contributed by atoms with Crippen molar-refractivity contribution in [2.45, 2.75) is 44.6 Å². The predicted molar refractivity (Wildman–Crippen MR) is 91.5 cm³/mol. The maximum absolute atomic E-state index is 12.5. The van der Waals surface area contributed by atoms with Crippen LogP contribution in [0.15, 0.2) is 12.4 Å². The van der Waals surface area contributed by atoms with Gasteiger partial charge in [0.05, 0.1) is 0 Å². The number of aromatic nitrogens is 2. The molecule has 0 bridgehead atoms. The van der Waals surface area contributed by atoms with Crippen LogP contribution in [0.1, 0.15) is 38.5 Å². The third-order valence-corrected chi connectivity index (χ3v) is 4.97. The van der Waals surface area contributed by atoms with Crippen LogP contribution in [-0.4, -0.2) is 54.0 Å². The minimum absolute atomic E-state index is 0.295. The van der Waals surface area contributed by atoms with Crippen LogP contribution in [0.5, 0.6) is 0 Å². The molecule has 23 heavy (non-hydrogen) atoms. The maximum atomic E-state index is 12.5. The molecule has 0 radical (unpaired) electrons. The molecular formula is C17H27N5O. The van der Waals surface area contributed by atoms with Crippen molar-refractivity contribution in [3.05, 3.63) is 12.4 Å². The van der Waals surface area contributed by atoms with Crippen LogP contribution in [0.2, 0.25) is 0 Å². The summed E-state index contributed by atoms with van der Waals surface area (Å²) >= 11 is 0. The summed E-state index contributed by atoms with van der Waals surface area (Å²) in [4.78, 5) is 25.0. The van der Waals surface area contributed by atoms with Gasteiger partial charge in [-0.15, -0.1) is 0 Å². The fourth-order valence-corrected chi connectivity index (χ4v) is 3.55. The van der Waals surface area contributed by atoms with Crippen molar-refractivity contribution in [1.29, 1.82) is 0 Å². The molecule has 2 heterocycles. The first-order chi connectivity index (χ1) is 11.1. The van der Waals surface area contributed by atoms with Crippen LogP contribution in [0.3, 0.4) is 0 Å². The first-order valence-electron chi connectivity index (χ1n) is 8.68. The van der Waals surface area contributed by atoms with E-state index in [1.54, 1.807) is 6.33 Å². The van der Waals surface area contributed by atoms with Gasteiger partial charge < -0.3 is 15.1 Å². The van der Waals surface area contributed by atoms with E-state index in [1.807, 2.05) is 25.1 Å². The second kappa shape index (κ2) is 7.15. The first-order valence-corrected chi connectivity index (χ1v) is 8.68. The van der Waals surface area contributed by atoms with E-state index in [0.29, 0.717) is 17.9 Å². The van der Waals surface area contributed by atoms with Crippen LogP contribution in [-0.2, 0) is 4.79 Å². The van der Waals surface area contributed by atoms with E-state index in [2.05, 4.69) is 20.2 Å². The number of amides is 1. The molecular weight excluding hydrogens is 290 g/mol. The Morgan fingerprint density at radius 2 is 1.87 bits per heavy atom. The quantitative estimate of drug-likeness (QED) is 0.922. The lowest BCUT2D eigenvalue weighted by Gasteiger charge is -2.34. The van der Waals surface area contributed by atoms with Gasteiger partial charge in [-0.25, -0.2) is 9.97 Å². The Morgan fingerprint density at radius 1 is 1.17 bits per heavy atom. The van der Waals surface area contributed by atoms with Crippen LogP contribution < -0.4 is 10.2 Å². The van der Waals surface area contributed by atoms with E-state index >= 15 is 0 Å². The summed E-state index contributed by atoms with van der Waals surface area (Å²) in [6.45, 7) is 1.72. The molecule has 1 saturated carbocycles. The lowest BCUT2D eigenvalue weighted by Crippen LogP contribution is -2.44. The van der Waals surface area contributed by atoms with Gasteiger partial charge >= 0.3 is 0 Å². The van der Waals surface area contributed by atoms with Gasteiger partial charge in [0.1, 0.15) is 18.0 Å². The molecule has 6 heteroatoms. The fourth-order valence-electron chi connectivity index (χ4n) is 3.55. The van der Waals surface area contributed by atoms with Crippen molar-refractivity contribution >= 4 is 17.5 Å². The number of carbonyl (C=O) groups is 1. The zero-order valence-corrected chi connectivity index (χ0v) is 14.2.